The highest BCUT2D eigenvalue weighted by atomic mass is 16.1. The van der Waals surface area contributed by atoms with Crippen molar-refractivity contribution in [1.29, 1.82) is 0 Å². The fraction of sp³-hybridized carbons (Fsp3) is 0.533. The summed E-state index contributed by atoms with van der Waals surface area (Å²) >= 11 is 0. The Morgan fingerprint density at radius 3 is 2.65 bits per heavy atom. The van der Waals surface area contributed by atoms with Crippen LogP contribution in [0.4, 0.5) is 0 Å². The number of rotatable bonds is 4. The highest BCUT2D eigenvalue weighted by Crippen LogP contribution is 2.41. The van der Waals surface area contributed by atoms with Gasteiger partial charge in [0.15, 0.2) is 0 Å². The van der Waals surface area contributed by atoms with Crippen LogP contribution in [0, 0.1) is 0 Å². The van der Waals surface area contributed by atoms with Crippen LogP contribution in [0.1, 0.15) is 38.7 Å². The summed E-state index contributed by atoms with van der Waals surface area (Å²) in [5.41, 5.74) is 1.45. The molecule has 92 valence electrons. The van der Waals surface area contributed by atoms with Crippen LogP contribution < -0.4 is 0 Å². The average molecular weight is 231 g/mol. The molecule has 1 heterocycles. The molecule has 1 saturated heterocycles. The number of nitrogens with zero attached hydrogens (tertiary/aromatic N) is 1. The molecular formula is C15H21NO. The molecule has 2 rings (SSSR count). The maximum Gasteiger partial charge on any atom is 0.143 e. The number of Topliss-reactive ketones (excluding diaryl/α,β-unsaturated/α-hetero) is 1. The molecule has 0 saturated carbocycles. The van der Waals surface area contributed by atoms with Gasteiger partial charge in [-0.05, 0) is 38.3 Å². The Bertz CT molecular complexity index is 387. The van der Waals surface area contributed by atoms with E-state index in [0.29, 0.717) is 6.54 Å². The lowest BCUT2D eigenvalue weighted by atomic mass is 9.84. The molecule has 1 aromatic rings. The topological polar surface area (TPSA) is 20.3 Å². The summed E-state index contributed by atoms with van der Waals surface area (Å²) < 4.78 is 0. The molecule has 0 N–H and O–H groups in total. The second-order valence-electron chi connectivity index (χ2n) is 4.98. The third-order valence-corrected chi connectivity index (χ3v) is 3.93. The van der Waals surface area contributed by atoms with Crippen molar-refractivity contribution in [3.8, 4) is 0 Å². The zero-order chi connectivity index (χ0) is 12.3. The third-order valence-electron chi connectivity index (χ3n) is 3.93. The quantitative estimate of drug-likeness (QED) is 0.794. The molecule has 1 fully saturated rings. The molecule has 0 amide bonds. The van der Waals surface area contributed by atoms with E-state index in [1.807, 2.05) is 0 Å². The molecule has 2 heteroatoms. The van der Waals surface area contributed by atoms with Crippen LogP contribution >= 0.6 is 0 Å². The van der Waals surface area contributed by atoms with Crippen molar-refractivity contribution in [1.82, 2.24) is 4.90 Å². The average Bonchev–Trinajstić information content (AvgIpc) is 2.73. The van der Waals surface area contributed by atoms with Crippen molar-refractivity contribution >= 4 is 5.78 Å². The summed E-state index contributed by atoms with van der Waals surface area (Å²) in [5, 5.41) is 0. The molecule has 1 aromatic carbocycles. The van der Waals surface area contributed by atoms with Gasteiger partial charge in [0.1, 0.15) is 5.78 Å². The number of benzene rings is 1. The van der Waals surface area contributed by atoms with Crippen LogP contribution in [0.3, 0.4) is 0 Å². The first-order chi connectivity index (χ1) is 8.19. The molecule has 0 aliphatic carbocycles. The first kappa shape index (κ1) is 12.3. The maximum absolute atomic E-state index is 11.4. The van der Waals surface area contributed by atoms with E-state index >= 15 is 0 Å². The largest absolute Gasteiger partial charge is 0.299 e. The van der Waals surface area contributed by atoms with Crippen molar-refractivity contribution in [2.24, 2.45) is 0 Å². The number of ketones is 1. The summed E-state index contributed by atoms with van der Waals surface area (Å²) in [5.74, 6) is 0.264. The van der Waals surface area contributed by atoms with Crippen LogP contribution in [0.15, 0.2) is 30.3 Å². The van der Waals surface area contributed by atoms with E-state index in [-0.39, 0.29) is 11.3 Å². The van der Waals surface area contributed by atoms with Crippen LogP contribution in [0.25, 0.3) is 0 Å². The standard InChI is InChI=1S/C15H21NO/c1-3-15(14-8-5-4-6-9-14)10-7-11-16(15)12-13(2)17/h4-6,8-9H,3,7,10-12H2,1-2H3. The van der Waals surface area contributed by atoms with Gasteiger partial charge in [-0.2, -0.15) is 0 Å². The Hall–Kier alpha value is -1.15. The lowest BCUT2D eigenvalue weighted by molar-refractivity contribution is -0.119. The van der Waals surface area contributed by atoms with Crippen molar-refractivity contribution < 1.29 is 4.79 Å². The van der Waals surface area contributed by atoms with Crippen LogP contribution in [-0.2, 0) is 10.3 Å². The molecule has 1 aliphatic rings. The Labute approximate surface area is 104 Å². The first-order valence-corrected chi connectivity index (χ1v) is 6.49. The molecule has 1 unspecified atom stereocenters. The molecule has 0 spiro atoms. The van der Waals surface area contributed by atoms with Crippen LogP contribution in [0.5, 0.6) is 0 Å². The molecule has 1 aliphatic heterocycles. The van der Waals surface area contributed by atoms with Crippen molar-refractivity contribution in [2.75, 3.05) is 13.1 Å². The van der Waals surface area contributed by atoms with Gasteiger partial charge in [0.2, 0.25) is 0 Å². The predicted octanol–water partition coefficient (Wildman–Crippen LogP) is 2.98. The smallest absolute Gasteiger partial charge is 0.143 e. The van der Waals surface area contributed by atoms with Gasteiger partial charge in [-0.1, -0.05) is 37.3 Å². The highest BCUT2D eigenvalue weighted by Gasteiger charge is 2.40. The zero-order valence-corrected chi connectivity index (χ0v) is 10.8. The molecule has 0 bridgehead atoms. The molecule has 0 radical (unpaired) electrons. The van der Waals surface area contributed by atoms with Gasteiger partial charge in [-0.15, -0.1) is 0 Å². The Morgan fingerprint density at radius 2 is 2.06 bits per heavy atom. The lowest BCUT2D eigenvalue weighted by Gasteiger charge is -2.38. The van der Waals surface area contributed by atoms with Crippen molar-refractivity contribution in [3.05, 3.63) is 35.9 Å². The monoisotopic (exact) mass is 231 g/mol. The predicted molar refractivity (Wildman–Crippen MR) is 69.9 cm³/mol. The van der Waals surface area contributed by atoms with E-state index in [4.69, 9.17) is 0 Å². The summed E-state index contributed by atoms with van der Waals surface area (Å²) in [6.07, 6.45) is 3.43. The molecule has 1 atom stereocenters. The number of hydrogen-bond acceptors (Lipinski definition) is 2. The van der Waals surface area contributed by atoms with Crippen LogP contribution in [0.2, 0.25) is 0 Å². The van der Waals surface area contributed by atoms with E-state index in [0.717, 1.165) is 13.0 Å². The summed E-state index contributed by atoms with van der Waals surface area (Å²) in [7, 11) is 0. The fourth-order valence-electron chi connectivity index (χ4n) is 3.11. The van der Waals surface area contributed by atoms with Gasteiger partial charge in [-0.3, -0.25) is 9.69 Å². The second-order valence-corrected chi connectivity index (χ2v) is 4.98. The van der Waals surface area contributed by atoms with E-state index in [9.17, 15) is 4.79 Å². The van der Waals surface area contributed by atoms with E-state index in [1.54, 1.807) is 6.92 Å². The number of hydrogen-bond donors (Lipinski definition) is 0. The van der Waals surface area contributed by atoms with E-state index in [2.05, 4.69) is 42.2 Å². The first-order valence-electron chi connectivity index (χ1n) is 6.49. The van der Waals surface area contributed by atoms with Gasteiger partial charge in [0.05, 0.1) is 6.54 Å². The molecular weight excluding hydrogens is 210 g/mol. The fourth-order valence-corrected chi connectivity index (χ4v) is 3.11. The van der Waals surface area contributed by atoms with Crippen LogP contribution in [-0.4, -0.2) is 23.8 Å². The van der Waals surface area contributed by atoms with Gasteiger partial charge in [-0.25, -0.2) is 0 Å². The van der Waals surface area contributed by atoms with E-state index in [1.165, 1.54) is 18.4 Å². The number of likely N-dealkylation sites (tertiary alicyclic amines) is 1. The Morgan fingerprint density at radius 1 is 1.35 bits per heavy atom. The van der Waals surface area contributed by atoms with Crippen molar-refractivity contribution in [3.63, 3.8) is 0 Å². The second kappa shape index (κ2) is 5.01. The third kappa shape index (κ3) is 2.27. The van der Waals surface area contributed by atoms with Gasteiger partial charge < -0.3 is 0 Å². The minimum Gasteiger partial charge on any atom is -0.299 e. The number of carbonyl (C=O) groups excluding carboxylic acids is 1. The molecule has 2 nitrogen and oxygen atoms in total. The highest BCUT2D eigenvalue weighted by molar-refractivity contribution is 5.77. The van der Waals surface area contributed by atoms with Gasteiger partial charge in [0, 0.05) is 5.54 Å². The van der Waals surface area contributed by atoms with Gasteiger partial charge in [0.25, 0.3) is 0 Å². The molecule has 17 heavy (non-hydrogen) atoms. The Balaban J connectivity index is 2.32. The van der Waals surface area contributed by atoms with E-state index < -0.39 is 0 Å². The molecule has 0 aromatic heterocycles. The maximum atomic E-state index is 11.4. The Kier molecular flexibility index (Phi) is 3.63. The summed E-state index contributed by atoms with van der Waals surface area (Å²) in [4.78, 5) is 13.8. The zero-order valence-electron chi connectivity index (χ0n) is 10.8. The number of carbonyl (C=O) groups is 1. The summed E-state index contributed by atoms with van der Waals surface area (Å²) in [6, 6.07) is 10.6. The van der Waals surface area contributed by atoms with Crippen molar-refractivity contribution in [2.45, 2.75) is 38.6 Å². The summed E-state index contributed by atoms with van der Waals surface area (Å²) in [6.45, 7) is 5.54. The normalized spacial score (nSPS) is 25.1. The minimum absolute atomic E-state index is 0.0902. The lowest BCUT2D eigenvalue weighted by Crippen LogP contribution is -2.43. The minimum atomic E-state index is 0.0902. The van der Waals surface area contributed by atoms with Gasteiger partial charge >= 0.3 is 0 Å². The SMILES string of the molecule is CCC1(c2ccccc2)CCCN1CC(C)=O.